The van der Waals surface area contributed by atoms with Crippen molar-refractivity contribution in [2.45, 2.75) is 18.7 Å². The van der Waals surface area contributed by atoms with Crippen LogP contribution in [0.4, 0.5) is 5.69 Å². The van der Waals surface area contributed by atoms with Gasteiger partial charge in [-0.2, -0.15) is 10.4 Å². The fraction of sp³-hybridized carbons (Fsp3) is 0.286. The molecule has 7 heteroatoms. The Bertz CT molecular complexity index is 622. The number of nitrogens with two attached hydrogens (primary N) is 1. The Kier molecular flexibility index (Phi) is 5.93. The Morgan fingerprint density at radius 2 is 2.14 bits per heavy atom. The van der Waals surface area contributed by atoms with Crippen LogP contribution in [0.2, 0.25) is 0 Å². The lowest BCUT2D eigenvalue weighted by atomic mass is 9.88. The Hall–Kier alpha value is -2.33. The van der Waals surface area contributed by atoms with Crippen molar-refractivity contribution in [1.29, 1.82) is 5.26 Å². The van der Waals surface area contributed by atoms with Crippen LogP contribution in [0.3, 0.4) is 0 Å². The van der Waals surface area contributed by atoms with Crippen LogP contribution in [0.5, 0.6) is 0 Å². The van der Waals surface area contributed by atoms with Crippen molar-refractivity contribution < 1.29 is 9.59 Å². The van der Waals surface area contributed by atoms with Crippen LogP contribution in [0.15, 0.2) is 34.3 Å². The smallest absolute Gasteiger partial charge is 0.265 e. The molecule has 0 aliphatic rings. The summed E-state index contributed by atoms with van der Waals surface area (Å²) in [5.41, 5.74) is 8.52. The number of nitrogens with one attached hydrogen (secondary N) is 1. The maximum Gasteiger partial charge on any atom is 0.265 e. The summed E-state index contributed by atoms with van der Waals surface area (Å²) in [7, 11) is 0. The molecule has 6 nitrogen and oxygen atoms in total. The number of hydrazone groups is 1. The highest BCUT2D eigenvalue weighted by Gasteiger charge is 2.29. The molecule has 0 heterocycles. The van der Waals surface area contributed by atoms with Crippen LogP contribution < -0.4 is 11.2 Å². The van der Waals surface area contributed by atoms with Gasteiger partial charge in [0.1, 0.15) is 17.4 Å². The molecule has 21 heavy (non-hydrogen) atoms. The Morgan fingerprint density at radius 3 is 2.62 bits per heavy atom. The van der Waals surface area contributed by atoms with Crippen molar-refractivity contribution in [1.82, 2.24) is 0 Å². The fourth-order valence-electron chi connectivity index (χ4n) is 1.79. The van der Waals surface area contributed by atoms with E-state index in [1.165, 1.54) is 6.92 Å². The minimum absolute atomic E-state index is 0.0543. The van der Waals surface area contributed by atoms with Gasteiger partial charge in [-0.15, -0.1) is 12.6 Å². The van der Waals surface area contributed by atoms with Gasteiger partial charge in [-0.05, 0) is 25.1 Å². The molecule has 2 unspecified atom stereocenters. The third kappa shape index (κ3) is 4.61. The minimum atomic E-state index is -0.964. The molecule has 0 fully saturated rings. The van der Waals surface area contributed by atoms with Gasteiger partial charge in [0, 0.05) is 10.8 Å². The number of nitrogens with zero attached hydrogens (tertiary/aromatic N) is 2. The number of nitriles is 1. The average molecular weight is 304 g/mol. The summed E-state index contributed by atoms with van der Waals surface area (Å²) >= 11 is 4.19. The first-order chi connectivity index (χ1) is 9.86. The summed E-state index contributed by atoms with van der Waals surface area (Å²) in [5.74, 6) is -2.78. The molecule has 0 spiro atoms. The molecule has 1 aromatic carbocycles. The minimum Gasteiger partial charge on any atom is -0.364 e. The van der Waals surface area contributed by atoms with Gasteiger partial charge in [0.25, 0.3) is 5.91 Å². The predicted octanol–water partition coefficient (Wildman–Crippen LogP) is 1.59. The maximum absolute atomic E-state index is 11.5. The molecule has 0 saturated carbocycles. The summed E-state index contributed by atoms with van der Waals surface area (Å²) in [5, 5.41) is 13.0. The van der Waals surface area contributed by atoms with Crippen LogP contribution in [0, 0.1) is 23.2 Å². The molecule has 0 radical (unpaired) electrons. The molecular weight excluding hydrogens is 288 g/mol. The second kappa shape index (κ2) is 7.45. The number of thiol groups is 1. The number of rotatable bonds is 6. The van der Waals surface area contributed by atoms with Crippen LogP contribution in [-0.2, 0) is 9.59 Å². The lowest BCUT2D eigenvalue weighted by Gasteiger charge is -2.15. The van der Waals surface area contributed by atoms with E-state index in [9.17, 15) is 9.59 Å². The van der Waals surface area contributed by atoms with E-state index in [4.69, 9.17) is 11.0 Å². The van der Waals surface area contributed by atoms with Gasteiger partial charge >= 0.3 is 0 Å². The van der Waals surface area contributed by atoms with E-state index >= 15 is 0 Å². The highest BCUT2D eigenvalue weighted by Crippen LogP contribution is 2.16. The van der Waals surface area contributed by atoms with E-state index in [-0.39, 0.29) is 11.5 Å². The zero-order valence-electron chi connectivity index (χ0n) is 11.7. The van der Waals surface area contributed by atoms with E-state index in [0.717, 1.165) is 4.90 Å². The molecule has 1 aromatic rings. The van der Waals surface area contributed by atoms with Crippen LogP contribution in [0.25, 0.3) is 0 Å². The average Bonchev–Trinajstić information content (AvgIpc) is 2.38. The molecular formula is C14H16N4O2S. The first kappa shape index (κ1) is 16.7. The quantitative estimate of drug-likeness (QED) is 0.421. The molecule has 0 saturated heterocycles. The molecule has 2 atom stereocenters. The van der Waals surface area contributed by atoms with E-state index in [2.05, 4.69) is 23.2 Å². The summed E-state index contributed by atoms with van der Waals surface area (Å²) in [4.78, 5) is 23.6. The van der Waals surface area contributed by atoms with Gasteiger partial charge in [0.15, 0.2) is 0 Å². The topological polar surface area (TPSA) is 108 Å². The van der Waals surface area contributed by atoms with Crippen molar-refractivity contribution in [3.05, 3.63) is 24.3 Å². The first-order valence-corrected chi connectivity index (χ1v) is 6.64. The number of primary amides is 1. The zero-order chi connectivity index (χ0) is 16.0. The second-order valence-corrected chi connectivity index (χ2v) is 5.05. The van der Waals surface area contributed by atoms with Gasteiger partial charge in [0.05, 0.1) is 11.8 Å². The molecule has 0 aromatic heterocycles. The predicted molar refractivity (Wildman–Crippen MR) is 82.9 cm³/mol. The number of ketones is 1. The number of benzene rings is 1. The van der Waals surface area contributed by atoms with E-state index in [0.29, 0.717) is 5.69 Å². The van der Waals surface area contributed by atoms with Crippen molar-refractivity contribution in [3.63, 3.8) is 0 Å². The van der Waals surface area contributed by atoms with Crippen LogP contribution >= 0.6 is 12.6 Å². The van der Waals surface area contributed by atoms with Crippen molar-refractivity contribution in [2.75, 3.05) is 5.43 Å². The monoisotopic (exact) mass is 304 g/mol. The summed E-state index contributed by atoms with van der Waals surface area (Å²) < 4.78 is 0. The Morgan fingerprint density at radius 1 is 1.48 bits per heavy atom. The normalized spacial score (nSPS) is 13.9. The highest BCUT2D eigenvalue weighted by atomic mass is 32.1. The molecule has 0 aliphatic heterocycles. The number of carbonyl (C=O) groups is 2. The van der Waals surface area contributed by atoms with E-state index < -0.39 is 17.7 Å². The summed E-state index contributed by atoms with van der Waals surface area (Å²) in [6.07, 6.45) is 0. The molecule has 0 bridgehead atoms. The van der Waals surface area contributed by atoms with Gasteiger partial charge in [-0.1, -0.05) is 13.0 Å². The molecule has 1 rings (SSSR count). The molecule has 1 amide bonds. The first-order valence-electron chi connectivity index (χ1n) is 6.19. The molecule has 0 aliphatic carbocycles. The largest absolute Gasteiger partial charge is 0.364 e. The number of Topliss-reactive ketones (excluding diaryl/α,β-unsaturated/α-hetero) is 1. The number of amides is 1. The second-order valence-electron chi connectivity index (χ2n) is 4.53. The third-order valence-electron chi connectivity index (χ3n) is 2.91. The Balaban J connectivity index is 3.01. The van der Waals surface area contributed by atoms with E-state index in [1.807, 2.05) is 6.07 Å². The number of hydrogen-bond acceptors (Lipinski definition) is 6. The third-order valence-corrected chi connectivity index (χ3v) is 3.19. The number of anilines is 1. The highest BCUT2D eigenvalue weighted by molar-refractivity contribution is 7.80. The lowest BCUT2D eigenvalue weighted by molar-refractivity contribution is -0.119. The number of hydrogen-bond donors (Lipinski definition) is 3. The van der Waals surface area contributed by atoms with Crippen LogP contribution in [0.1, 0.15) is 13.8 Å². The van der Waals surface area contributed by atoms with Gasteiger partial charge in [0.2, 0.25) is 0 Å². The summed E-state index contributed by atoms with van der Waals surface area (Å²) in [6.45, 7) is 2.86. The van der Waals surface area contributed by atoms with Crippen molar-refractivity contribution in [3.8, 4) is 6.07 Å². The maximum atomic E-state index is 11.5. The molecule has 110 valence electrons. The lowest BCUT2D eigenvalue weighted by Crippen LogP contribution is -2.35. The SMILES string of the molecule is CC(=O)C(C#N)C(C)C(=NNc1cccc(S)c1)C(N)=O. The van der Waals surface area contributed by atoms with Gasteiger partial charge < -0.3 is 5.73 Å². The van der Waals surface area contributed by atoms with Crippen LogP contribution in [-0.4, -0.2) is 17.4 Å². The van der Waals surface area contributed by atoms with Crippen molar-refractivity contribution in [2.24, 2.45) is 22.7 Å². The summed E-state index contributed by atoms with van der Waals surface area (Å²) in [6, 6.07) is 8.87. The standard InChI is InChI=1S/C14H16N4O2S/c1-8(12(7-15)9(2)19)13(14(16)20)18-17-10-4-3-5-11(21)6-10/h3-6,8,12,17,21H,1-2H3,(H2,16,20). The fourth-order valence-corrected chi connectivity index (χ4v) is 2.02. The molecule has 3 N–H and O–H groups in total. The number of carbonyl (C=O) groups excluding carboxylic acids is 2. The van der Waals surface area contributed by atoms with Gasteiger partial charge in [-0.25, -0.2) is 0 Å². The Labute approximate surface area is 128 Å². The van der Waals surface area contributed by atoms with Crippen molar-refractivity contribution >= 4 is 35.7 Å². The van der Waals surface area contributed by atoms with E-state index in [1.54, 1.807) is 31.2 Å². The van der Waals surface area contributed by atoms with Gasteiger partial charge in [-0.3, -0.25) is 15.0 Å². The zero-order valence-corrected chi connectivity index (χ0v) is 12.6.